The molecule has 2 N–H and O–H groups in total. The number of hydrogen-bond acceptors (Lipinski definition) is 2. The molecular formula is C16H23ClN2O2. The lowest BCUT2D eigenvalue weighted by atomic mass is 9.96. The molecule has 1 aromatic carbocycles. The van der Waals surface area contributed by atoms with Crippen LogP contribution in [0, 0.1) is 0 Å². The summed E-state index contributed by atoms with van der Waals surface area (Å²) >= 11 is 6.26. The van der Waals surface area contributed by atoms with E-state index >= 15 is 0 Å². The number of carbonyl (C=O) groups is 1. The van der Waals surface area contributed by atoms with Gasteiger partial charge in [0.25, 0.3) is 0 Å². The van der Waals surface area contributed by atoms with Gasteiger partial charge in [-0.25, -0.2) is 4.79 Å². The van der Waals surface area contributed by atoms with Crippen LogP contribution < -0.4 is 5.32 Å². The Bertz CT molecular complexity index is 521. The third-order valence-electron chi connectivity index (χ3n) is 3.85. The van der Waals surface area contributed by atoms with E-state index in [2.05, 4.69) is 5.32 Å². The number of carbonyl (C=O) groups excluding carboxylic acids is 1. The first kappa shape index (κ1) is 16.1. The number of benzene rings is 1. The predicted molar refractivity (Wildman–Crippen MR) is 84.7 cm³/mol. The first-order valence-electron chi connectivity index (χ1n) is 7.20. The fraction of sp³-hybridized carbons (Fsp3) is 0.562. The Morgan fingerprint density at radius 1 is 1.43 bits per heavy atom. The minimum Gasteiger partial charge on any atom is -0.389 e. The van der Waals surface area contributed by atoms with Gasteiger partial charge in [-0.3, -0.25) is 0 Å². The topological polar surface area (TPSA) is 52.6 Å². The Morgan fingerprint density at radius 3 is 2.57 bits per heavy atom. The third-order valence-corrected chi connectivity index (χ3v) is 4.18. The molecule has 1 aliphatic carbocycles. The molecule has 0 heterocycles. The molecule has 0 aliphatic heterocycles. The number of amides is 2. The second-order valence-corrected chi connectivity index (χ2v) is 6.99. The molecule has 1 aliphatic rings. The molecule has 0 aromatic heterocycles. The van der Waals surface area contributed by atoms with E-state index in [1.807, 2.05) is 24.3 Å². The second-order valence-electron chi connectivity index (χ2n) is 6.59. The molecule has 0 atom stereocenters. The largest absolute Gasteiger partial charge is 0.389 e. The van der Waals surface area contributed by atoms with Crippen LogP contribution in [-0.4, -0.2) is 41.8 Å². The van der Waals surface area contributed by atoms with Gasteiger partial charge >= 0.3 is 6.03 Å². The van der Waals surface area contributed by atoms with E-state index in [1.54, 1.807) is 20.9 Å². The number of nitrogens with zero attached hydrogens (tertiary/aromatic N) is 1. The van der Waals surface area contributed by atoms with Gasteiger partial charge in [-0.1, -0.05) is 29.8 Å². The molecule has 5 heteroatoms. The molecule has 21 heavy (non-hydrogen) atoms. The van der Waals surface area contributed by atoms with Gasteiger partial charge in [0.05, 0.1) is 12.1 Å². The summed E-state index contributed by atoms with van der Waals surface area (Å²) in [5.41, 5.74) is 0.187. The van der Waals surface area contributed by atoms with Gasteiger partial charge < -0.3 is 15.3 Å². The van der Waals surface area contributed by atoms with Crippen LogP contribution in [0.4, 0.5) is 4.79 Å². The highest BCUT2D eigenvalue weighted by molar-refractivity contribution is 6.31. The van der Waals surface area contributed by atoms with Crippen molar-refractivity contribution in [2.45, 2.75) is 37.7 Å². The van der Waals surface area contributed by atoms with E-state index in [0.717, 1.165) is 23.4 Å². The van der Waals surface area contributed by atoms with Crippen molar-refractivity contribution in [1.82, 2.24) is 10.2 Å². The van der Waals surface area contributed by atoms with E-state index in [0.29, 0.717) is 6.54 Å². The number of likely N-dealkylation sites (N-methyl/N-ethyl adjacent to an activating group) is 1. The maximum absolute atomic E-state index is 12.1. The number of rotatable bonds is 5. The Hall–Kier alpha value is -1.26. The molecule has 2 amide bonds. The van der Waals surface area contributed by atoms with E-state index < -0.39 is 5.60 Å². The lowest BCUT2D eigenvalue weighted by molar-refractivity contribution is 0.0531. The van der Waals surface area contributed by atoms with Gasteiger partial charge in [0, 0.05) is 24.0 Å². The first-order valence-corrected chi connectivity index (χ1v) is 7.58. The Balaban J connectivity index is 1.94. The Labute approximate surface area is 131 Å². The quantitative estimate of drug-likeness (QED) is 0.878. The van der Waals surface area contributed by atoms with Crippen molar-refractivity contribution >= 4 is 17.6 Å². The van der Waals surface area contributed by atoms with Crippen molar-refractivity contribution < 1.29 is 9.90 Å². The van der Waals surface area contributed by atoms with E-state index in [-0.39, 0.29) is 18.0 Å². The third kappa shape index (κ3) is 4.11. The highest BCUT2D eigenvalue weighted by atomic mass is 35.5. The zero-order valence-electron chi connectivity index (χ0n) is 12.8. The maximum atomic E-state index is 12.1. The van der Waals surface area contributed by atoms with Crippen molar-refractivity contribution in [3.63, 3.8) is 0 Å². The van der Waals surface area contributed by atoms with Gasteiger partial charge in [-0.2, -0.15) is 0 Å². The minimum atomic E-state index is -0.897. The summed E-state index contributed by atoms with van der Waals surface area (Å²) in [5, 5.41) is 13.5. The molecule has 1 aromatic rings. The molecular weight excluding hydrogens is 288 g/mol. The average Bonchev–Trinajstić information content (AvgIpc) is 3.15. The fourth-order valence-electron chi connectivity index (χ4n) is 2.62. The van der Waals surface area contributed by atoms with Crippen LogP contribution >= 0.6 is 11.6 Å². The molecule has 0 unspecified atom stereocenters. The average molecular weight is 311 g/mol. The monoisotopic (exact) mass is 310 g/mol. The standard InChI is InChI=1S/C16H23ClN2O2/c1-15(2,21)11-19(3)14(20)18-10-16(8-9-16)12-6-4-5-7-13(12)17/h4-7,21H,8-11H2,1-3H3,(H,18,20). The van der Waals surface area contributed by atoms with Crippen LogP contribution in [0.1, 0.15) is 32.3 Å². The fourth-order valence-corrected chi connectivity index (χ4v) is 2.95. The summed E-state index contributed by atoms with van der Waals surface area (Å²) in [6.45, 7) is 4.23. The van der Waals surface area contributed by atoms with Crippen molar-refractivity contribution in [2.24, 2.45) is 0 Å². The highest BCUT2D eigenvalue weighted by Crippen LogP contribution is 2.49. The Kier molecular flexibility index (Phi) is 4.49. The second kappa shape index (κ2) is 5.85. The SMILES string of the molecule is CN(CC(C)(C)O)C(=O)NCC1(c2ccccc2Cl)CC1. The number of aliphatic hydroxyl groups is 1. The molecule has 2 rings (SSSR count). The summed E-state index contributed by atoms with van der Waals surface area (Å²) in [7, 11) is 1.68. The van der Waals surface area contributed by atoms with Crippen molar-refractivity contribution in [2.75, 3.05) is 20.1 Å². The van der Waals surface area contributed by atoms with Crippen molar-refractivity contribution in [3.05, 3.63) is 34.9 Å². The molecule has 0 spiro atoms. The van der Waals surface area contributed by atoms with Crippen LogP contribution in [0.2, 0.25) is 5.02 Å². The maximum Gasteiger partial charge on any atom is 0.317 e. The van der Waals surface area contributed by atoms with Crippen LogP contribution in [0.25, 0.3) is 0 Å². The molecule has 1 saturated carbocycles. The summed E-state index contributed by atoms with van der Waals surface area (Å²) in [5.74, 6) is 0. The summed E-state index contributed by atoms with van der Waals surface area (Å²) in [6, 6.07) is 7.64. The first-order chi connectivity index (χ1) is 9.73. The summed E-state index contributed by atoms with van der Waals surface area (Å²) < 4.78 is 0. The van der Waals surface area contributed by atoms with Gasteiger partial charge in [0.2, 0.25) is 0 Å². The van der Waals surface area contributed by atoms with Crippen LogP contribution in [0.3, 0.4) is 0 Å². The summed E-state index contributed by atoms with van der Waals surface area (Å²) in [4.78, 5) is 13.6. The van der Waals surface area contributed by atoms with E-state index in [4.69, 9.17) is 11.6 Å². The van der Waals surface area contributed by atoms with Crippen molar-refractivity contribution in [1.29, 1.82) is 0 Å². The Morgan fingerprint density at radius 2 is 2.05 bits per heavy atom. The predicted octanol–water partition coefficient (Wildman–Crippen LogP) is 2.78. The van der Waals surface area contributed by atoms with Gasteiger partial charge in [0.15, 0.2) is 0 Å². The van der Waals surface area contributed by atoms with Crippen LogP contribution in [0.15, 0.2) is 24.3 Å². The van der Waals surface area contributed by atoms with Crippen molar-refractivity contribution in [3.8, 4) is 0 Å². The number of halogens is 1. The molecule has 0 radical (unpaired) electrons. The normalized spacial score (nSPS) is 16.4. The van der Waals surface area contributed by atoms with Crippen LogP contribution in [-0.2, 0) is 5.41 Å². The zero-order chi connectivity index (χ0) is 15.7. The van der Waals surface area contributed by atoms with E-state index in [1.165, 1.54) is 4.90 Å². The number of nitrogens with one attached hydrogen (secondary N) is 1. The van der Waals surface area contributed by atoms with Crippen LogP contribution in [0.5, 0.6) is 0 Å². The molecule has 0 bridgehead atoms. The highest BCUT2D eigenvalue weighted by Gasteiger charge is 2.45. The van der Waals surface area contributed by atoms with Gasteiger partial charge in [-0.05, 0) is 38.3 Å². The lowest BCUT2D eigenvalue weighted by Crippen LogP contribution is -2.46. The number of urea groups is 1. The molecule has 0 saturated heterocycles. The number of hydrogen-bond donors (Lipinski definition) is 2. The van der Waals surface area contributed by atoms with E-state index in [9.17, 15) is 9.90 Å². The molecule has 116 valence electrons. The van der Waals surface area contributed by atoms with Gasteiger partial charge in [0.1, 0.15) is 0 Å². The van der Waals surface area contributed by atoms with Gasteiger partial charge in [-0.15, -0.1) is 0 Å². The molecule has 1 fully saturated rings. The summed E-state index contributed by atoms with van der Waals surface area (Å²) in [6.07, 6.45) is 2.07. The lowest BCUT2D eigenvalue weighted by Gasteiger charge is -2.27. The molecule has 4 nitrogen and oxygen atoms in total. The smallest absolute Gasteiger partial charge is 0.317 e. The minimum absolute atomic E-state index is 0.0242. The zero-order valence-corrected chi connectivity index (χ0v) is 13.6.